The second-order valence-corrected chi connectivity index (χ2v) is 11.2. The number of imidazole rings is 1. The summed E-state index contributed by atoms with van der Waals surface area (Å²) in [6.07, 6.45) is 3.76. The van der Waals surface area contributed by atoms with Gasteiger partial charge in [0.05, 0.1) is 15.8 Å². The molecule has 166 valence electrons. The molecule has 6 nitrogen and oxygen atoms in total. The Kier molecular flexibility index (Phi) is 7.55. The van der Waals surface area contributed by atoms with Gasteiger partial charge in [-0.25, -0.2) is 13.2 Å². The maximum Gasteiger partial charge on any atom is 0.354 e. The van der Waals surface area contributed by atoms with E-state index in [9.17, 15) is 17.6 Å². The summed E-state index contributed by atoms with van der Waals surface area (Å²) in [6.45, 7) is 7.05. The molecule has 0 aromatic heterocycles. The minimum absolute atomic E-state index is 0.0170. The van der Waals surface area contributed by atoms with Gasteiger partial charge in [-0.3, -0.25) is 13.7 Å². The van der Waals surface area contributed by atoms with Gasteiger partial charge in [-0.2, -0.15) is 4.98 Å². The number of benzene rings is 1. The topological polar surface area (TPSA) is 81.1 Å². The van der Waals surface area contributed by atoms with Crippen LogP contribution < -0.4 is 10.4 Å². The van der Waals surface area contributed by atoms with E-state index in [0.29, 0.717) is 12.1 Å². The number of rotatable bonds is 10. The number of nitrogens with one attached hydrogen (secondary N) is 1. The fourth-order valence-corrected chi connectivity index (χ4v) is 6.52. The van der Waals surface area contributed by atoms with Gasteiger partial charge < -0.3 is 0 Å². The van der Waals surface area contributed by atoms with Crippen LogP contribution in [0.1, 0.15) is 35.4 Å². The molecule has 0 bridgehead atoms. The summed E-state index contributed by atoms with van der Waals surface area (Å²) in [6, 6.07) is 6.27. The number of nitrogens with zero attached hydrogens (tertiary/aromatic N) is 2. The first-order valence-corrected chi connectivity index (χ1v) is 13.0. The normalized spacial score (nSPS) is 11.7. The molecule has 0 radical (unpaired) electrons. The van der Waals surface area contributed by atoms with Crippen molar-refractivity contribution >= 4 is 45.0 Å². The van der Waals surface area contributed by atoms with Crippen molar-refractivity contribution in [1.82, 2.24) is 9.55 Å². The molecule has 0 spiro atoms. The number of aryl methyl sites for hydroxylation is 1. The Morgan fingerprint density at radius 1 is 1.23 bits per heavy atom. The van der Waals surface area contributed by atoms with Crippen LogP contribution in [0.2, 0.25) is 0 Å². The van der Waals surface area contributed by atoms with E-state index in [1.54, 1.807) is 18.2 Å². The van der Waals surface area contributed by atoms with Crippen LogP contribution in [-0.2, 0) is 10.0 Å². The molecule has 0 atom stereocenters. The Bertz CT molecular complexity index is 1200. The molecule has 0 unspecified atom stereocenters. The molecule has 0 aliphatic carbocycles. The van der Waals surface area contributed by atoms with Crippen LogP contribution in [0.15, 0.2) is 44.7 Å². The molecule has 1 aromatic carbocycles. The average molecular weight is 482 g/mol. The first-order chi connectivity index (χ1) is 14.8. The lowest BCUT2D eigenvalue weighted by atomic mass is 10.2. The minimum Gasteiger partial charge on any atom is -0.261 e. The molecule has 1 aromatic rings. The van der Waals surface area contributed by atoms with E-state index < -0.39 is 15.7 Å². The van der Waals surface area contributed by atoms with Crippen molar-refractivity contribution in [2.24, 2.45) is 0 Å². The predicted molar refractivity (Wildman–Crippen MR) is 126 cm³/mol. The zero-order valence-electron chi connectivity index (χ0n) is 17.4. The van der Waals surface area contributed by atoms with E-state index in [1.807, 2.05) is 13.8 Å². The lowest BCUT2D eigenvalue weighted by Crippen LogP contribution is -2.17. The van der Waals surface area contributed by atoms with Crippen LogP contribution in [0.5, 0.6) is 0 Å². The number of hydrogen-bond acceptors (Lipinski definition) is 6. The number of unbranched alkanes of at least 4 members (excludes halogenated alkanes) is 2. The fourth-order valence-electron chi connectivity index (χ4n) is 2.99. The molecule has 1 N–H and O–H groups in total. The summed E-state index contributed by atoms with van der Waals surface area (Å²) in [4.78, 5) is 17.6. The van der Waals surface area contributed by atoms with Crippen LogP contribution in [0.4, 0.5) is 10.2 Å². The highest BCUT2D eigenvalue weighted by atomic mass is 32.2. The zero-order valence-corrected chi connectivity index (χ0v) is 19.8. The second kappa shape index (κ2) is 9.97. The third-order valence-corrected chi connectivity index (χ3v) is 8.69. The molecule has 0 saturated carbocycles. The Labute approximate surface area is 189 Å². The number of thioether (sulfide) groups is 1. The van der Waals surface area contributed by atoms with Crippen LogP contribution >= 0.6 is 23.1 Å². The summed E-state index contributed by atoms with van der Waals surface area (Å²) in [7, 11) is -3.93. The van der Waals surface area contributed by atoms with Gasteiger partial charge in [0.1, 0.15) is 5.69 Å². The number of fused-ring (bicyclic) bond motifs is 1. The maximum absolute atomic E-state index is 12.9. The molecule has 10 heteroatoms. The highest BCUT2D eigenvalue weighted by molar-refractivity contribution is 8.01. The molecule has 31 heavy (non-hydrogen) atoms. The minimum atomic E-state index is -3.93. The van der Waals surface area contributed by atoms with E-state index in [1.165, 1.54) is 39.8 Å². The second-order valence-electron chi connectivity index (χ2n) is 6.93. The monoisotopic (exact) mass is 481 g/mol. The number of halogens is 1. The number of aromatic nitrogens is 2. The highest BCUT2D eigenvalue weighted by Crippen LogP contribution is 2.38. The van der Waals surface area contributed by atoms with Gasteiger partial charge in [-0.1, -0.05) is 31.2 Å². The van der Waals surface area contributed by atoms with Crippen molar-refractivity contribution in [2.45, 2.75) is 42.2 Å². The first kappa shape index (κ1) is 23.5. The quantitative estimate of drug-likeness (QED) is 0.325. The van der Waals surface area contributed by atoms with Gasteiger partial charge in [0.25, 0.3) is 10.0 Å². The van der Waals surface area contributed by atoms with Gasteiger partial charge >= 0.3 is 5.69 Å². The summed E-state index contributed by atoms with van der Waals surface area (Å²) in [5.41, 5.74) is 1.45. The summed E-state index contributed by atoms with van der Waals surface area (Å²) in [5, 5.41) is 0. The van der Waals surface area contributed by atoms with Gasteiger partial charge in [0.15, 0.2) is 5.82 Å². The van der Waals surface area contributed by atoms with Gasteiger partial charge in [0.2, 0.25) is 0 Å². The lowest BCUT2D eigenvalue weighted by Gasteiger charge is -2.16. The van der Waals surface area contributed by atoms with Crippen molar-refractivity contribution < 1.29 is 12.8 Å². The van der Waals surface area contributed by atoms with Crippen molar-refractivity contribution in [3.05, 3.63) is 57.5 Å². The van der Waals surface area contributed by atoms with E-state index in [0.717, 1.165) is 38.9 Å². The third kappa shape index (κ3) is 5.19. The maximum atomic E-state index is 12.9. The Morgan fingerprint density at radius 3 is 2.58 bits per heavy atom. The molecule has 2 aliphatic rings. The zero-order chi connectivity index (χ0) is 22.6. The van der Waals surface area contributed by atoms with E-state index in [-0.39, 0.29) is 17.4 Å². The van der Waals surface area contributed by atoms with Crippen molar-refractivity contribution in [3.8, 4) is 5.69 Å². The number of sulfonamides is 1. The predicted octanol–water partition coefficient (Wildman–Crippen LogP) is 5.02. The van der Waals surface area contributed by atoms with Crippen LogP contribution in [0.3, 0.4) is 0 Å². The Morgan fingerprint density at radius 2 is 1.94 bits per heavy atom. The number of alkyl halides is 1. The number of anilines is 1. The smallest absolute Gasteiger partial charge is 0.261 e. The Balaban J connectivity index is 1.98. The average Bonchev–Trinajstić information content (AvgIpc) is 3.06. The van der Waals surface area contributed by atoms with Gasteiger partial charge in [0, 0.05) is 10.6 Å². The van der Waals surface area contributed by atoms with E-state index in [4.69, 9.17) is 0 Å². The van der Waals surface area contributed by atoms with Crippen LogP contribution in [-0.4, -0.2) is 30.4 Å². The first-order valence-electron chi connectivity index (χ1n) is 9.75. The summed E-state index contributed by atoms with van der Waals surface area (Å²) >= 11 is 3.02. The van der Waals surface area contributed by atoms with Crippen molar-refractivity contribution in [2.75, 3.05) is 17.1 Å². The SMILES string of the molecule is C=Cc1ccc(S(=O)(=O)Nc2nc(=O)n3c(C)c(C)sc(SCCCCCF)c2-3)cc1. The van der Waals surface area contributed by atoms with Crippen LogP contribution in [0, 0.1) is 13.8 Å². The van der Waals surface area contributed by atoms with Gasteiger partial charge in [-0.05, 0) is 50.1 Å². The molecule has 0 fully saturated rings. The third-order valence-electron chi connectivity index (χ3n) is 4.80. The Hall–Kier alpha value is -2.17. The number of hydrogen-bond donors (Lipinski definition) is 1. The largest absolute Gasteiger partial charge is 0.354 e. The molecule has 2 aliphatic heterocycles. The molecule has 3 rings (SSSR count). The molecule has 0 saturated heterocycles. The van der Waals surface area contributed by atoms with Crippen molar-refractivity contribution in [3.63, 3.8) is 0 Å². The molecular formula is C21H24FN3O3S3. The highest BCUT2D eigenvalue weighted by Gasteiger charge is 2.26. The van der Waals surface area contributed by atoms with Crippen LogP contribution in [0.25, 0.3) is 11.8 Å². The lowest BCUT2D eigenvalue weighted by molar-refractivity contribution is 0.460. The molecule has 0 amide bonds. The van der Waals surface area contributed by atoms with Gasteiger partial charge in [-0.15, -0.1) is 23.1 Å². The van der Waals surface area contributed by atoms with E-state index in [2.05, 4.69) is 16.3 Å². The molecular weight excluding hydrogens is 457 g/mol. The van der Waals surface area contributed by atoms with E-state index >= 15 is 0 Å². The summed E-state index contributed by atoms with van der Waals surface area (Å²) < 4.78 is 42.9. The standard InChI is InChI=1S/C21H24FN3O3S3/c1-4-16-8-10-17(11-9-16)31(27,28)24-19-18-20(29-13-7-5-6-12-22)30-15(3)14(2)25(18)21(26)23-19/h4,8-11H,1,5-7,12-13H2,2-3H3,(H,23,24,26). The van der Waals surface area contributed by atoms with Crippen molar-refractivity contribution in [1.29, 1.82) is 0 Å². The molecule has 2 heterocycles. The summed E-state index contributed by atoms with van der Waals surface area (Å²) in [5.74, 6) is 0.756. The fraction of sp³-hybridized carbons (Fsp3) is 0.333.